The first-order valence-electron chi connectivity index (χ1n) is 15.7. The monoisotopic (exact) mass is 670 g/mol. The highest BCUT2D eigenvalue weighted by atomic mass is 16.7. The smallest absolute Gasteiger partial charge is 0.217 e. The fourth-order valence-corrected chi connectivity index (χ4v) is 5.13. The predicted molar refractivity (Wildman–Crippen MR) is 158 cm³/mol. The average Bonchev–Trinajstić information content (AvgIpc) is 3.01. The molecule has 2 heterocycles. The number of nitrogens with one attached hydrogen (secondary N) is 2. The van der Waals surface area contributed by atoms with E-state index in [9.17, 15) is 40.2 Å². The lowest BCUT2D eigenvalue weighted by atomic mass is 9.90. The molecule has 2 aliphatic heterocycles. The van der Waals surface area contributed by atoms with Gasteiger partial charge in [-0.1, -0.05) is 6.92 Å². The Labute approximate surface area is 269 Å². The molecule has 2 aliphatic rings. The molecule has 46 heavy (non-hydrogen) atoms. The molecular weight excluding hydrogens is 616 g/mol. The highest BCUT2D eigenvalue weighted by Gasteiger charge is 2.46. The van der Waals surface area contributed by atoms with E-state index in [1.165, 1.54) is 13.8 Å². The molecule has 2 amide bonds. The van der Waals surface area contributed by atoms with E-state index in [4.69, 9.17) is 33.2 Å². The van der Waals surface area contributed by atoms with E-state index in [2.05, 4.69) is 10.6 Å². The zero-order valence-corrected chi connectivity index (χ0v) is 26.9. The molecule has 0 aromatic carbocycles. The van der Waals surface area contributed by atoms with Crippen LogP contribution in [-0.2, 0) is 42.7 Å². The maximum atomic E-state index is 11.5. The van der Waals surface area contributed by atoms with Crippen molar-refractivity contribution >= 4 is 11.8 Å². The summed E-state index contributed by atoms with van der Waals surface area (Å²) in [6.45, 7) is 6.63. The van der Waals surface area contributed by atoms with Crippen LogP contribution in [0.15, 0.2) is 0 Å². The number of carbonyl (C=O) groups excluding carboxylic acids is 2. The van der Waals surface area contributed by atoms with Gasteiger partial charge in [-0.2, -0.15) is 0 Å². The summed E-state index contributed by atoms with van der Waals surface area (Å²) >= 11 is 0. The maximum absolute atomic E-state index is 11.5. The SMILES string of the molecule is CC(=O)NC1C(O)[C@@H](O)C(CO)O[C@H]1OCCOCCOCC(C)COCCOCCC[C@@H]1OC(CO)[C@H](O)C(O)C1NC(C)=O. The Morgan fingerprint density at radius 1 is 0.652 bits per heavy atom. The van der Waals surface area contributed by atoms with Crippen LogP contribution in [0.5, 0.6) is 0 Å². The zero-order valence-electron chi connectivity index (χ0n) is 26.9. The second-order valence-corrected chi connectivity index (χ2v) is 11.5. The fraction of sp³-hybridized carbons (Fsp3) is 0.931. The van der Waals surface area contributed by atoms with Crippen LogP contribution < -0.4 is 10.6 Å². The molecule has 2 saturated heterocycles. The summed E-state index contributed by atoms with van der Waals surface area (Å²) in [6.07, 6.45) is -7.91. The van der Waals surface area contributed by atoms with Crippen molar-refractivity contribution in [1.82, 2.24) is 10.6 Å². The van der Waals surface area contributed by atoms with Crippen LogP contribution in [0.4, 0.5) is 0 Å². The van der Waals surface area contributed by atoms with E-state index in [-0.39, 0.29) is 25.0 Å². The van der Waals surface area contributed by atoms with Crippen molar-refractivity contribution in [2.45, 2.75) is 94.7 Å². The molecule has 17 nitrogen and oxygen atoms in total. The van der Waals surface area contributed by atoms with Crippen molar-refractivity contribution in [2.24, 2.45) is 5.92 Å². The lowest BCUT2D eigenvalue weighted by Crippen LogP contribution is -2.64. The Balaban J connectivity index is 1.48. The molecule has 0 spiro atoms. The minimum absolute atomic E-state index is 0.0808. The summed E-state index contributed by atoms with van der Waals surface area (Å²) in [4.78, 5) is 23.0. The number of hydrogen-bond donors (Lipinski definition) is 8. The molecule has 17 heteroatoms. The Morgan fingerprint density at radius 2 is 1.13 bits per heavy atom. The summed E-state index contributed by atoms with van der Waals surface area (Å²) in [5.74, 6) is -0.656. The Hall–Kier alpha value is -1.58. The zero-order chi connectivity index (χ0) is 34.1. The lowest BCUT2D eigenvalue weighted by Gasteiger charge is -2.42. The van der Waals surface area contributed by atoms with Gasteiger partial charge < -0.3 is 74.4 Å². The molecule has 7 unspecified atom stereocenters. The van der Waals surface area contributed by atoms with Crippen LogP contribution in [0.1, 0.15) is 33.6 Å². The summed E-state index contributed by atoms with van der Waals surface area (Å²) in [5, 5.41) is 64.6. The molecule has 0 aromatic rings. The number of carbonyl (C=O) groups is 2. The van der Waals surface area contributed by atoms with Gasteiger partial charge in [-0.05, 0) is 12.8 Å². The second-order valence-electron chi connectivity index (χ2n) is 11.5. The molecule has 0 aliphatic carbocycles. The molecule has 0 bridgehead atoms. The van der Waals surface area contributed by atoms with Gasteiger partial charge in [0.25, 0.3) is 0 Å². The van der Waals surface area contributed by atoms with Gasteiger partial charge in [0.1, 0.15) is 42.7 Å². The Kier molecular flexibility index (Phi) is 19.5. The fourth-order valence-electron chi connectivity index (χ4n) is 5.13. The van der Waals surface area contributed by atoms with Crippen LogP contribution in [-0.4, -0.2) is 176 Å². The van der Waals surface area contributed by atoms with E-state index in [1.54, 1.807) is 0 Å². The topological polar surface area (TPSA) is 244 Å². The average molecular weight is 671 g/mol. The molecular formula is C29H54N2O15. The summed E-state index contributed by atoms with van der Waals surface area (Å²) < 4.78 is 39.1. The number of hydrogen-bond acceptors (Lipinski definition) is 15. The van der Waals surface area contributed by atoms with E-state index < -0.39 is 80.2 Å². The molecule has 0 aromatic heterocycles. The van der Waals surface area contributed by atoms with Gasteiger partial charge in [-0.3, -0.25) is 9.59 Å². The number of aliphatic hydroxyl groups is 6. The third kappa shape index (κ3) is 13.9. The maximum Gasteiger partial charge on any atom is 0.217 e. The molecule has 270 valence electrons. The minimum atomic E-state index is -1.38. The van der Waals surface area contributed by atoms with Gasteiger partial charge in [-0.25, -0.2) is 0 Å². The Morgan fingerprint density at radius 3 is 1.70 bits per heavy atom. The van der Waals surface area contributed by atoms with Gasteiger partial charge >= 0.3 is 0 Å². The third-order valence-corrected chi connectivity index (χ3v) is 7.49. The van der Waals surface area contributed by atoms with E-state index in [0.29, 0.717) is 59.1 Å². The first-order valence-corrected chi connectivity index (χ1v) is 15.7. The van der Waals surface area contributed by atoms with Crippen LogP contribution in [0.25, 0.3) is 0 Å². The van der Waals surface area contributed by atoms with Crippen molar-refractivity contribution in [3.63, 3.8) is 0 Å². The van der Waals surface area contributed by atoms with Crippen LogP contribution in [0.2, 0.25) is 0 Å². The lowest BCUT2D eigenvalue weighted by molar-refractivity contribution is -0.272. The van der Waals surface area contributed by atoms with Crippen LogP contribution in [0.3, 0.4) is 0 Å². The third-order valence-electron chi connectivity index (χ3n) is 7.49. The van der Waals surface area contributed by atoms with E-state index >= 15 is 0 Å². The van der Waals surface area contributed by atoms with Crippen molar-refractivity contribution in [3.8, 4) is 0 Å². The second kappa shape index (κ2) is 22.1. The summed E-state index contributed by atoms with van der Waals surface area (Å²) in [6, 6.07) is -1.79. The van der Waals surface area contributed by atoms with Gasteiger partial charge in [0.05, 0.1) is 78.2 Å². The summed E-state index contributed by atoms with van der Waals surface area (Å²) in [5.41, 5.74) is 0. The number of rotatable bonds is 22. The molecule has 0 radical (unpaired) electrons. The number of aliphatic hydroxyl groups excluding tert-OH is 6. The number of ether oxygens (including phenoxy) is 7. The summed E-state index contributed by atoms with van der Waals surface area (Å²) in [7, 11) is 0. The first kappa shape index (κ1) is 40.6. The van der Waals surface area contributed by atoms with Crippen LogP contribution >= 0.6 is 0 Å². The molecule has 2 rings (SSSR count). The van der Waals surface area contributed by atoms with Gasteiger partial charge in [0.2, 0.25) is 11.8 Å². The number of amides is 2. The largest absolute Gasteiger partial charge is 0.394 e. The van der Waals surface area contributed by atoms with E-state index in [0.717, 1.165) is 0 Å². The van der Waals surface area contributed by atoms with Gasteiger partial charge in [0, 0.05) is 26.4 Å². The van der Waals surface area contributed by atoms with Gasteiger partial charge in [0.15, 0.2) is 6.29 Å². The molecule has 0 saturated carbocycles. The van der Waals surface area contributed by atoms with Gasteiger partial charge in [-0.15, -0.1) is 0 Å². The molecule has 11 atom stereocenters. The first-order chi connectivity index (χ1) is 22.0. The highest BCUT2D eigenvalue weighted by Crippen LogP contribution is 2.24. The highest BCUT2D eigenvalue weighted by molar-refractivity contribution is 5.73. The van der Waals surface area contributed by atoms with Crippen LogP contribution in [0, 0.1) is 5.92 Å². The quantitative estimate of drug-likeness (QED) is 0.0519. The van der Waals surface area contributed by atoms with Crippen molar-refractivity contribution in [2.75, 3.05) is 72.7 Å². The van der Waals surface area contributed by atoms with Crippen molar-refractivity contribution < 1.29 is 73.4 Å². The molecule has 2 fully saturated rings. The Bertz CT molecular complexity index is 791. The molecule has 8 N–H and O–H groups in total. The minimum Gasteiger partial charge on any atom is -0.394 e. The van der Waals surface area contributed by atoms with E-state index in [1.807, 2.05) is 6.92 Å². The normalized spacial score (nSPS) is 32.2. The van der Waals surface area contributed by atoms with Crippen molar-refractivity contribution in [1.29, 1.82) is 0 Å². The standard InChI is InChI=1S/C29H54N2O15/c1-17(15-42-9-7-40-6-4-5-20-23(30-18(2)34)27(38)25(36)21(13-32)45-20)16-43-10-8-41-11-12-44-29-24(31-19(3)35)28(39)26(37)22(14-33)46-29/h17,20-29,32-33,36-39H,4-16H2,1-3H3,(H,30,34)(H,31,35)/t17?,20-,21?,22?,23?,24?,25-,26-,27?,28?,29+/m0/s1. The predicted octanol–water partition coefficient (Wildman–Crippen LogP) is -3.58. The van der Waals surface area contributed by atoms with Crippen molar-refractivity contribution in [3.05, 3.63) is 0 Å².